The SMILES string of the molecule is NCC(C(=O)O)c1c(O)c(Cl)cc2c1OCCCO2. The third-order valence-corrected chi connectivity index (χ3v) is 3.17. The van der Waals surface area contributed by atoms with E-state index in [4.69, 9.17) is 26.8 Å². The van der Waals surface area contributed by atoms with Crippen molar-refractivity contribution in [3.8, 4) is 17.2 Å². The van der Waals surface area contributed by atoms with E-state index in [1.807, 2.05) is 0 Å². The van der Waals surface area contributed by atoms with E-state index in [2.05, 4.69) is 0 Å². The molecule has 0 radical (unpaired) electrons. The molecule has 19 heavy (non-hydrogen) atoms. The molecule has 1 heterocycles. The number of hydrogen-bond acceptors (Lipinski definition) is 5. The number of benzene rings is 1. The Bertz CT molecular complexity index is 505. The molecule has 0 saturated heterocycles. The van der Waals surface area contributed by atoms with Crippen LogP contribution in [-0.4, -0.2) is 35.9 Å². The lowest BCUT2D eigenvalue weighted by molar-refractivity contribution is -0.138. The van der Waals surface area contributed by atoms with Crippen molar-refractivity contribution >= 4 is 17.6 Å². The summed E-state index contributed by atoms with van der Waals surface area (Å²) in [4.78, 5) is 11.2. The van der Waals surface area contributed by atoms with Gasteiger partial charge in [-0.15, -0.1) is 0 Å². The zero-order valence-corrected chi connectivity index (χ0v) is 10.8. The molecule has 7 heteroatoms. The Hall–Kier alpha value is -1.66. The highest BCUT2D eigenvalue weighted by atomic mass is 35.5. The van der Waals surface area contributed by atoms with Crippen LogP contribution in [0.4, 0.5) is 0 Å². The number of aliphatic carboxylic acids is 1. The van der Waals surface area contributed by atoms with Crippen LogP contribution in [0.15, 0.2) is 6.07 Å². The minimum atomic E-state index is -1.16. The van der Waals surface area contributed by atoms with Crippen LogP contribution < -0.4 is 15.2 Å². The maximum Gasteiger partial charge on any atom is 0.312 e. The molecule has 0 amide bonds. The van der Waals surface area contributed by atoms with Crippen LogP contribution >= 0.6 is 11.6 Å². The summed E-state index contributed by atoms with van der Waals surface area (Å²) in [6, 6.07) is 1.41. The summed E-state index contributed by atoms with van der Waals surface area (Å²) in [6.07, 6.45) is 0.660. The second-order valence-electron chi connectivity index (χ2n) is 4.12. The molecule has 0 fully saturated rings. The fourth-order valence-electron chi connectivity index (χ4n) is 1.95. The van der Waals surface area contributed by atoms with Crippen LogP contribution in [0.5, 0.6) is 17.2 Å². The summed E-state index contributed by atoms with van der Waals surface area (Å²) in [5.41, 5.74) is 5.53. The van der Waals surface area contributed by atoms with Gasteiger partial charge < -0.3 is 25.4 Å². The summed E-state index contributed by atoms with van der Waals surface area (Å²) in [7, 11) is 0. The zero-order valence-electron chi connectivity index (χ0n) is 10.1. The lowest BCUT2D eigenvalue weighted by Gasteiger charge is -2.19. The van der Waals surface area contributed by atoms with Crippen LogP contribution in [0.2, 0.25) is 5.02 Å². The minimum absolute atomic E-state index is 0.0129. The van der Waals surface area contributed by atoms with Crippen molar-refractivity contribution in [2.24, 2.45) is 5.73 Å². The first-order valence-corrected chi connectivity index (χ1v) is 6.18. The number of carbonyl (C=O) groups is 1. The number of ether oxygens (including phenoxy) is 2. The molecular weight excluding hydrogens is 274 g/mol. The van der Waals surface area contributed by atoms with Crippen molar-refractivity contribution in [2.75, 3.05) is 19.8 Å². The second-order valence-corrected chi connectivity index (χ2v) is 4.53. The van der Waals surface area contributed by atoms with E-state index < -0.39 is 11.9 Å². The van der Waals surface area contributed by atoms with Crippen molar-refractivity contribution in [2.45, 2.75) is 12.3 Å². The Morgan fingerprint density at radius 1 is 1.47 bits per heavy atom. The fraction of sp³-hybridized carbons (Fsp3) is 0.417. The highest BCUT2D eigenvalue weighted by molar-refractivity contribution is 6.32. The van der Waals surface area contributed by atoms with E-state index in [9.17, 15) is 15.0 Å². The van der Waals surface area contributed by atoms with E-state index in [0.29, 0.717) is 25.4 Å². The summed E-state index contributed by atoms with van der Waals surface area (Å²) in [5.74, 6) is -2.06. The number of fused-ring (bicyclic) bond motifs is 1. The summed E-state index contributed by atoms with van der Waals surface area (Å²) >= 11 is 5.89. The van der Waals surface area contributed by atoms with Gasteiger partial charge in [-0.3, -0.25) is 4.79 Å². The standard InChI is InChI=1S/C12H14ClNO5/c13-7-4-8-11(19-3-1-2-18-8)9(10(7)15)6(5-14)12(16)17/h4,6,15H,1-3,5,14H2,(H,16,17). The first-order valence-electron chi connectivity index (χ1n) is 5.80. The quantitative estimate of drug-likeness (QED) is 0.775. The van der Waals surface area contributed by atoms with Gasteiger partial charge in [0.2, 0.25) is 0 Å². The normalized spacial score (nSPS) is 15.7. The summed E-state index contributed by atoms with van der Waals surface area (Å²) in [5, 5.41) is 19.2. The largest absolute Gasteiger partial charge is 0.506 e. The first-order chi connectivity index (χ1) is 9.06. The van der Waals surface area contributed by atoms with Gasteiger partial charge in [-0.05, 0) is 0 Å². The van der Waals surface area contributed by atoms with Crippen LogP contribution in [0.3, 0.4) is 0 Å². The molecule has 1 aliphatic heterocycles. The van der Waals surface area contributed by atoms with Gasteiger partial charge in [0.25, 0.3) is 0 Å². The maximum atomic E-state index is 11.2. The van der Waals surface area contributed by atoms with Crippen LogP contribution in [0, 0.1) is 0 Å². The number of carboxylic acid groups (broad SMARTS) is 1. The number of phenols is 1. The van der Waals surface area contributed by atoms with Gasteiger partial charge in [0.15, 0.2) is 11.5 Å². The monoisotopic (exact) mass is 287 g/mol. The number of nitrogens with two attached hydrogens (primary N) is 1. The molecule has 104 valence electrons. The Morgan fingerprint density at radius 3 is 2.79 bits per heavy atom. The van der Waals surface area contributed by atoms with E-state index in [-0.39, 0.29) is 28.6 Å². The number of rotatable bonds is 3. The third kappa shape index (κ3) is 2.54. The van der Waals surface area contributed by atoms with Crippen molar-refractivity contribution in [1.29, 1.82) is 0 Å². The molecule has 0 bridgehead atoms. The smallest absolute Gasteiger partial charge is 0.312 e. The zero-order chi connectivity index (χ0) is 14.0. The van der Waals surface area contributed by atoms with Crippen molar-refractivity contribution < 1.29 is 24.5 Å². The van der Waals surface area contributed by atoms with Crippen LogP contribution in [0.1, 0.15) is 17.9 Å². The molecule has 1 aromatic carbocycles. The maximum absolute atomic E-state index is 11.2. The molecule has 0 saturated carbocycles. The molecule has 2 rings (SSSR count). The van der Waals surface area contributed by atoms with Crippen molar-refractivity contribution in [3.05, 3.63) is 16.7 Å². The van der Waals surface area contributed by atoms with Gasteiger partial charge >= 0.3 is 5.97 Å². The minimum Gasteiger partial charge on any atom is -0.506 e. The van der Waals surface area contributed by atoms with Crippen LogP contribution in [0.25, 0.3) is 0 Å². The molecule has 4 N–H and O–H groups in total. The number of halogens is 1. The van der Waals surface area contributed by atoms with E-state index in [0.717, 1.165) is 0 Å². The molecular formula is C12H14ClNO5. The van der Waals surface area contributed by atoms with Gasteiger partial charge in [0.05, 0.1) is 23.8 Å². The topological polar surface area (TPSA) is 102 Å². The number of hydrogen-bond donors (Lipinski definition) is 3. The molecule has 1 aromatic rings. The van der Waals surface area contributed by atoms with Crippen LogP contribution in [-0.2, 0) is 4.79 Å². The number of carboxylic acids is 1. The van der Waals surface area contributed by atoms with Gasteiger partial charge in [-0.25, -0.2) is 0 Å². The van der Waals surface area contributed by atoms with Gasteiger partial charge in [0.1, 0.15) is 11.7 Å². The fourth-order valence-corrected chi connectivity index (χ4v) is 2.16. The highest BCUT2D eigenvalue weighted by Gasteiger charge is 2.30. The van der Waals surface area contributed by atoms with E-state index in [1.165, 1.54) is 6.07 Å². The molecule has 0 spiro atoms. The van der Waals surface area contributed by atoms with Crippen molar-refractivity contribution in [3.63, 3.8) is 0 Å². The Kier molecular flexibility index (Phi) is 4.01. The lowest BCUT2D eigenvalue weighted by Crippen LogP contribution is -2.22. The predicted molar refractivity (Wildman–Crippen MR) is 68.2 cm³/mol. The Labute approximate surface area is 114 Å². The number of aromatic hydroxyl groups is 1. The van der Waals surface area contributed by atoms with Gasteiger partial charge in [0, 0.05) is 19.0 Å². The van der Waals surface area contributed by atoms with Gasteiger partial charge in [-0.1, -0.05) is 11.6 Å². The lowest BCUT2D eigenvalue weighted by atomic mass is 9.96. The average Bonchev–Trinajstić information content (AvgIpc) is 2.59. The Morgan fingerprint density at radius 2 is 2.16 bits per heavy atom. The third-order valence-electron chi connectivity index (χ3n) is 2.88. The molecule has 0 aliphatic carbocycles. The highest BCUT2D eigenvalue weighted by Crippen LogP contribution is 2.46. The summed E-state index contributed by atoms with van der Waals surface area (Å²) in [6.45, 7) is 0.630. The number of phenolic OH excluding ortho intramolecular Hbond substituents is 1. The second kappa shape index (κ2) is 5.54. The van der Waals surface area contributed by atoms with Gasteiger partial charge in [-0.2, -0.15) is 0 Å². The average molecular weight is 288 g/mol. The van der Waals surface area contributed by atoms with E-state index >= 15 is 0 Å². The van der Waals surface area contributed by atoms with E-state index in [1.54, 1.807) is 0 Å². The molecule has 6 nitrogen and oxygen atoms in total. The first kappa shape index (κ1) is 13.8. The summed E-state index contributed by atoms with van der Waals surface area (Å²) < 4.78 is 10.9. The molecule has 1 atom stereocenters. The van der Waals surface area contributed by atoms with Crippen molar-refractivity contribution in [1.82, 2.24) is 0 Å². The Balaban J connectivity index is 2.62. The predicted octanol–water partition coefficient (Wildman–Crippen LogP) is 1.33. The molecule has 1 aliphatic rings. The molecule has 1 unspecified atom stereocenters. The molecule has 0 aromatic heterocycles.